The van der Waals surface area contributed by atoms with Crippen LogP contribution < -0.4 is 222 Å². The number of aliphatic carboxylic acids is 3. The summed E-state index contributed by atoms with van der Waals surface area (Å²) in [6, 6.07) is 0. The third-order valence-corrected chi connectivity index (χ3v) is 1.25. The van der Waals surface area contributed by atoms with E-state index in [1.807, 2.05) is 0 Å². The maximum Gasteiger partial charge on any atom is 1.00 e. The van der Waals surface area contributed by atoms with E-state index in [4.69, 9.17) is 5.11 Å². The molecule has 0 aromatic carbocycles. The Balaban J connectivity index is -0.000000240. The molecular weight excluding hydrogens is 583 g/mol. The third kappa shape index (κ3) is 13.5. The number of carbonyl (C=O) groups is 3. The van der Waals surface area contributed by atoms with Gasteiger partial charge >= 0.3 is 207 Å². The molecule has 7 nitrogen and oxygen atoms in total. The molecule has 0 aromatic rings. The number of rotatable bonds is 5. The minimum atomic E-state index is -2.97. The Morgan fingerprint density at radius 2 is 1.12 bits per heavy atom. The molecule has 0 heterocycles. The van der Waals surface area contributed by atoms with Crippen molar-refractivity contribution < 1.29 is 241 Å². The first-order valence-electron chi connectivity index (χ1n) is 3.11. The van der Waals surface area contributed by atoms with Crippen molar-refractivity contribution in [2.24, 2.45) is 0 Å². The molecule has 0 aliphatic heterocycles. The summed E-state index contributed by atoms with van der Waals surface area (Å²) in [7, 11) is 0. The molecule has 10 heteroatoms. The largest absolute Gasteiger partial charge is 1.00 e. The molecule has 0 aromatic heterocycles. The molecule has 74 valence electrons. The third-order valence-electron chi connectivity index (χ3n) is 1.25. The van der Waals surface area contributed by atoms with Crippen molar-refractivity contribution in [3.05, 3.63) is 0 Å². The molecule has 0 atom stereocenters. The molecule has 0 aliphatic carbocycles. The van der Waals surface area contributed by atoms with Gasteiger partial charge in [0.25, 0.3) is 0 Å². The molecule has 0 aliphatic rings. The SMILES string of the molecule is O=C([O-])CC(O)(CC(=O)[O-])C(=O)[O-].[Cs+].[Cs+].[Cs+]. The van der Waals surface area contributed by atoms with Crippen molar-refractivity contribution in [1.82, 2.24) is 0 Å². The summed E-state index contributed by atoms with van der Waals surface area (Å²) in [4.78, 5) is 30.0. The quantitative estimate of drug-likeness (QED) is 0.337. The molecule has 0 unspecified atom stereocenters. The van der Waals surface area contributed by atoms with Gasteiger partial charge in [-0.15, -0.1) is 0 Å². The molecular formula is C6H5Cs3O7. The Hall–Kier alpha value is 4.53. The number of carboxylic acids is 3. The molecule has 0 radical (unpaired) electrons. The van der Waals surface area contributed by atoms with Gasteiger partial charge in [0.1, 0.15) is 5.60 Å². The van der Waals surface area contributed by atoms with Crippen LogP contribution in [0.4, 0.5) is 0 Å². The Bertz CT molecular complexity index is 239. The predicted octanol–water partition coefficient (Wildman–Crippen LogP) is -14.2. The van der Waals surface area contributed by atoms with Crippen LogP contribution in [0.2, 0.25) is 0 Å². The number of carboxylic acid groups (broad SMARTS) is 3. The van der Waals surface area contributed by atoms with E-state index >= 15 is 0 Å². The summed E-state index contributed by atoms with van der Waals surface area (Å²) in [5.41, 5.74) is -2.97. The first-order valence-corrected chi connectivity index (χ1v) is 3.11. The van der Waals surface area contributed by atoms with Crippen LogP contribution in [0.25, 0.3) is 0 Å². The zero-order valence-electron chi connectivity index (χ0n) is 9.31. The molecule has 0 fully saturated rings. The van der Waals surface area contributed by atoms with E-state index < -0.39 is 36.4 Å². The number of hydrogen-bond donors (Lipinski definition) is 1. The second-order valence-electron chi connectivity index (χ2n) is 2.42. The smallest absolute Gasteiger partial charge is 0.550 e. The average Bonchev–Trinajstić information content (AvgIpc) is 1.82. The second-order valence-corrected chi connectivity index (χ2v) is 2.42. The van der Waals surface area contributed by atoms with Crippen molar-refractivity contribution in [1.29, 1.82) is 0 Å². The van der Waals surface area contributed by atoms with Gasteiger partial charge in [0.15, 0.2) is 0 Å². The number of hydrogen-bond acceptors (Lipinski definition) is 7. The van der Waals surface area contributed by atoms with E-state index in [9.17, 15) is 29.7 Å². The fraction of sp³-hybridized carbons (Fsp3) is 0.500. The van der Waals surface area contributed by atoms with Gasteiger partial charge in [-0.05, 0) is 0 Å². The van der Waals surface area contributed by atoms with Crippen molar-refractivity contribution in [3.8, 4) is 0 Å². The summed E-state index contributed by atoms with van der Waals surface area (Å²) >= 11 is 0. The van der Waals surface area contributed by atoms with Gasteiger partial charge in [-0.25, -0.2) is 0 Å². The summed E-state index contributed by atoms with van der Waals surface area (Å²) in [5, 5.41) is 38.9. The zero-order valence-corrected chi connectivity index (χ0v) is 28.2. The summed E-state index contributed by atoms with van der Waals surface area (Å²) in [5.74, 6) is -5.98. The van der Waals surface area contributed by atoms with Gasteiger partial charge in [0.05, 0.1) is 5.97 Å². The molecule has 0 amide bonds. The maximum atomic E-state index is 10.1. The van der Waals surface area contributed by atoms with E-state index in [2.05, 4.69) is 0 Å². The maximum absolute atomic E-state index is 10.1. The van der Waals surface area contributed by atoms with Gasteiger partial charge in [0, 0.05) is 24.8 Å². The molecule has 0 saturated carbocycles. The van der Waals surface area contributed by atoms with E-state index in [1.165, 1.54) is 0 Å². The van der Waals surface area contributed by atoms with Crippen LogP contribution in [-0.2, 0) is 14.4 Å². The van der Waals surface area contributed by atoms with Gasteiger partial charge in [-0.1, -0.05) is 0 Å². The van der Waals surface area contributed by atoms with Crippen LogP contribution in [0.1, 0.15) is 12.8 Å². The van der Waals surface area contributed by atoms with E-state index in [1.54, 1.807) is 0 Å². The van der Waals surface area contributed by atoms with Crippen molar-refractivity contribution >= 4 is 17.9 Å². The summed E-state index contributed by atoms with van der Waals surface area (Å²) < 4.78 is 0. The standard InChI is InChI=1S/C6H8O7.3Cs/c7-3(8)1-6(13,5(11)12)2-4(9)10;;;/h13H,1-2H2,(H,7,8)(H,9,10)(H,11,12);;;/q;3*+1/p-3. The van der Waals surface area contributed by atoms with Crippen LogP contribution in [0, 0.1) is 0 Å². The minimum absolute atomic E-state index is 0. The first-order chi connectivity index (χ1) is 5.78. The van der Waals surface area contributed by atoms with Crippen LogP contribution in [0.5, 0.6) is 0 Å². The number of aliphatic hydroxyl groups is 1. The summed E-state index contributed by atoms with van der Waals surface area (Å²) in [6.07, 6.45) is -2.72. The fourth-order valence-corrected chi connectivity index (χ4v) is 0.684. The normalized spacial score (nSPS) is 8.81. The monoisotopic (exact) mass is 588 g/mol. The van der Waals surface area contributed by atoms with E-state index in [0.29, 0.717) is 0 Å². The van der Waals surface area contributed by atoms with Crippen LogP contribution in [0.3, 0.4) is 0 Å². The van der Waals surface area contributed by atoms with Gasteiger partial charge in [-0.2, -0.15) is 0 Å². The van der Waals surface area contributed by atoms with Crippen molar-refractivity contribution in [2.45, 2.75) is 18.4 Å². The van der Waals surface area contributed by atoms with Gasteiger partial charge in [-0.3, -0.25) is 0 Å². The fourth-order valence-electron chi connectivity index (χ4n) is 0.684. The van der Waals surface area contributed by atoms with E-state index in [-0.39, 0.29) is 207 Å². The Morgan fingerprint density at radius 1 is 0.875 bits per heavy atom. The van der Waals surface area contributed by atoms with Gasteiger partial charge in [0.2, 0.25) is 0 Å². The van der Waals surface area contributed by atoms with Crippen LogP contribution in [-0.4, -0.2) is 28.6 Å². The van der Waals surface area contributed by atoms with Crippen molar-refractivity contribution in [2.75, 3.05) is 0 Å². The minimum Gasteiger partial charge on any atom is -0.550 e. The van der Waals surface area contributed by atoms with Crippen molar-refractivity contribution in [3.63, 3.8) is 0 Å². The molecule has 0 saturated heterocycles. The second kappa shape index (κ2) is 14.5. The molecule has 16 heavy (non-hydrogen) atoms. The zero-order chi connectivity index (χ0) is 10.6. The summed E-state index contributed by atoms with van der Waals surface area (Å²) in [6.45, 7) is 0. The Labute approximate surface area is 268 Å². The van der Waals surface area contributed by atoms with Gasteiger partial charge < -0.3 is 34.8 Å². The molecule has 0 bridgehead atoms. The average molecular weight is 588 g/mol. The Kier molecular flexibility index (Phi) is 25.9. The molecule has 0 spiro atoms. The predicted molar refractivity (Wildman–Crippen MR) is 29.2 cm³/mol. The van der Waals surface area contributed by atoms with E-state index in [0.717, 1.165) is 0 Å². The topological polar surface area (TPSA) is 141 Å². The molecule has 1 N–H and O–H groups in total. The Morgan fingerprint density at radius 3 is 1.25 bits per heavy atom. The molecule has 0 rings (SSSR count). The first kappa shape index (κ1) is 28.7. The van der Waals surface area contributed by atoms with Crippen LogP contribution in [0.15, 0.2) is 0 Å². The number of carbonyl (C=O) groups excluding carboxylic acids is 3. The van der Waals surface area contributed by atoms with Crippen LogP contribution >= 0.6 is 0 Å².